The predicted octanol–water partition coefficient (Wildman–Crippen LogP) is 3.07. The van der Waals surface area contributed by atoms with Gasteiger partial charge in [0.2, 0.25) is 0 Å². The van der Waals surface area contributed by atoms with E-state index in [0.29, 0.717) is 18.8 Å². The Morgan fingerprint density at radius 1 is 0.968 bits per heavy atom. The van der Waals surface area contributed by atoms with Gasteiger partial charge in [-0.05, 0) is 32.9 Å². The van der Waals surface area contributed by atoms with E-state index in [0.717, 1.165) is 41.8 Å². The normalized spacial score (nSPS) is 14.4. The quantitative estimate of drug-likeness (QED) is 0.647. The van der Waals surface area contributed by atoms with E-state index in [1.165, 1.54) is 5.56 Å². The number of aromatic nitrogens is 5. The van der Waals surface area contributed by atoms with Gasteiger partial charge in [0.15, 0.2) is 5.69 Å². The van der Waals surface area contributed by atoms with Crippen molar-refractivity contribution in [2.24, 2.45) is 0 Å². The monoisotopic (exact) mass is 419 g/mol. The van der Waals surface area contributed by atoms with Crippen LogP contribution in [0.15, 0.2) is 30.3 Å². The fraction of sp³-hybridized carbons (Fsp3) is 0.435. The smallest absolute Gasteiger partial charge is 0.276 e. The van der Waals surface area contributed by atoms with E-state index < -0.39 is 0 Å². The molecular formula is C23H29N7O. The van der Waals surface area contributed by atoms with Gasteiger partial charge in [0.25, 0.3) is 5.91 Å². The molecule has 1 fully saturated rings. The molecule has 1 aromatic carbocycles. The molecule has 1 saturated heterocycles. The molecule has 0 saturated carbocycles. The summed E-state index contributed by atoms with van der Waals surface area (Å²) in [6.45, 7) is 12.8. The summed E-state index contributed by atoms with van der Waals surface area (Å²) in [5.74, 6) is 2.00. The van der Waals surface area contributed by atoms with Crippen LogP contribution in [0.3, 0.4) is 0 Å². The molecule has 0 atom stereocenters. The van der Waals surface area contributed by atoms with Gasteiger partial charge in [-0.1, -0.05) is 36.8 Å². The molecule has 1 aliphatic heterocycles. The van der Waals surface area contributed by atoms with E-state index in [9.17, 15) is 4.79 Å². The largest absolute Gasteiger partial charge is 0.353 e. The summed E-state index contributed by atoms with van der Waals surface area (Å²) >= 11 is 0. The van der Waals surface area contributed by atoms with E-state index in [-0.39, 0.29) is 11.8 Å². The first-order chi connectivity index (χ1) is 14.8. The Bertz CT molecular complexity index is 1080. The highest BCUT2D eigenvalue weighted by atomic mass is 16.2. The minimum absolute atomic E-state index is 0.0720. The van der Waals surface area contributed by atoms with Gasteiger partial charge in [-0.15, -0.1) is 5.10 Å². The Kier molecular flexibility index (Phi) is 5.71. The van der Waals surface area contributed by atoms with Crippen LogP contribution >= 0.6 is 0 Å². The Morgan fingerprint density at radius 2 is 1.65 bits per heavy atom. The molecule has 3 heterocycles. The van der Waals surface area contributed by atoms with Crippen molar-refractivity contribution in [2.45, 2.75) is 40.5 Å². The van der Waals surface area contributed by atoms with Gasteiger partial charge < -0.3 is 9.80 Å². The number of hydrogen-bond acceptors (Lipinski definition) is 6. The van der Waals surface area contributed by atoms with E-state index in [1.54, 1.807) is 4.68 Å². The number of amides is 1. The highest BCUT2D eigenvalue weighted by Crippen LogP contribution is 2.20. The molecule has 0 spiro atoms. The van der Waals surface area contributed by atoms with Crippen molar-refractivity contribution in [1.29, 1.82) is 0 Å². The maximum atomic E-state index is 13.1. The van der Waals surface area contributed by atoms with E-state index in [2.05, 4.69) is 34.0 Å². The summed E-state index contributed by atoms with van der Waals surface area (Å²) in [7, 11) is 0. The first-order valence-electron chi connectivity index (χ1n) is 10.7. The fourth-order valence-electron chi connectivity index (χ4n) is 3.74. The zero-order valence-electron chi connectivity index (χ0n) is 18.8. The van der Waals surface area contributed by atoms with Crippen molar-refractivity contribution in [1.82, 2.24) is 29.9 Å². The maximum Gasteiger partial charge on any atom is 0.276 e. The van der Waals surface area contributed by atoms with Crippen LogP contribution < -0.4 is 4.90 Å². The van der Waals surface area contributed by atoms with Crippen LogP contribution in [0.5, 0.6) is 0 Å². The third kappa shape index (κ3) is 4.28. The Balaban J connectivity index is 1.46. The highest BCUT2D eigenvalue weighted by Gasteiger charge is 2.27. The van der Waals surface area contributed by atoms with Crippen LogP contribution in [0.4, 0.5) is 5.82 Å². The first-order valence-corrected chi connectivity index (χ1v) is 10.7. The average molecular weight is 420 g/mol. The molecule has 162 valence electrons. The average Bonchev–Trinajstić information content (AvgIpc) is 3.14. The fourth-order valence-corrected chi connectivity index (χ4v) is 3.74. The lowest BCUT2D eigenvalue weighted by Gasteiger charge is -2.35. The van der Waals surface area contributed by atoms with Crippen LogP contribution in [0.1, 0.15) is 53.0 Å². The third-order valence-electron chi connectivity index (χ3n) is 5.64. The molecule has 1 amide bonds. The Morgan fingerprint density at radius 3 is 2.29 bits per heavy atom. The number of hydrogen-bond donors (Lipinski definition) is 0. The minimum atomic E-state index is -0.0720. The predicted molar refractivity (Wildman–Crippen MR) is 120 cm³/mol. The van der Waals surface area contributed by atoms with Crippen LogP contribution in [-0.4, -0.2) is 61.9 Å². The number of piperazine rings is 1. The molecule has 31 heavy (non-hydrogen) atoms. The summed E-state index contributed by atoms with van der Waals surface area (Å²) < 4.78 is 1.72. The molecule has 0 unspecified atom stereocenters. The van der Waals surface area contributed by atoms with Crippen LogP contribution in [-0.2, 0) is 0 Å². The molecule has 0 bridgehead atoms. The maximum absolute atomic E-state index is 13.1. The summed E-state index contributed by atoms with van der Waals surface area (Å²) in [5.41, 5.74) is 4.21. The number of rotatable bonds is 4. The third-order valence-corrected chi connectivity index (χ3v) is 5.64. The van der Waals surface area contributed by atoms with Crippen molar-refractivity contribution >= 4 is 11.7 Å². The topological polar surface area (TPSA) is 80.0 Å². The van der Waals surface area contributed by atoms with E-state index >= 15 is 0 Å². The number of nitrogens with zero attached hydrogens (tertiary/aromatic N) is 7. The Labute approximate surface area is 182 Å². The molecule has 0 radical (unpaired) electrons. The van der Waals surface area contributed by atoms with Crippen molar-refractivity contribution in [3.05, 3.63) is 58.8 Å². The standard InChI is InChI=1S/C23H29N7O/c1-15(2)22-24-17(4)14-20(25-22)28-10-12-29(13-11-28)23(31)21-18(5)30(27-26-21)19-8-6-16(3)7-9-19/h6-9,14-15H,10-13H2,1-5H3. The zero-order valence-corrected chi connectivity index (χ0v) is 18.8. The number of benzene rings is 1. The molecule has 4 rings (SSSR count). The summed E-state index contributed by atoms with van der Waals surface area (Å²) in [6.07, 6.45) is 0. The van der Waals surface area contributed by atoms with E-state index in [1.807, 2.05) is 56.0 Å². The van der Waals surface area contributed by atoms with Crippen LogP contribution in [0.2, 0.25) is 0 Å². The summed E-state index contributed by atoms with van der Waals surface area (Å²) in [5, 5.41) is 8.42. The van der Waals surface area contributed by atoms with Crippen LogP contribution in [0, 0.1) is 20.8 Å². The molecular weight excluding hydrogens is 390 g/mol. The van der Waals surface area contributed by atoms with Crippen LogP contribution in [0.25, 0.3) is 5.69 Å². The number of carbonyl (C=O) groups is 1. The molecule has 8 heteroatoms. The highest BCUT2D eigenvalue weighted by molar-refractivity contribution is 5.93. The molecule has 0 N–H and O–H groups in total. The lowest BCUT2D eigenvalue weighted by molar-refractivity contribution is 0.0739. The van der Waals surface area contributed by atoms with Gasteiger partial charge in [-0.2, -0.15) is 0 Å². The van der Waals surface area contributed by atoms with Crippen molar-refractivity contribution in [3.63, 3.8) is 0 Å². The second kappa shape index (κ2) is 8.45. The van der Waals surface area contributed by atoms with Gasteiger partial charge in [0, 0.05) is 43.9 Å². The van der Waals surface area contributed by atoms with Crippen molar-refractivity contribution in [3.8, 4) is 5.69 Å². The van der Waals surface area contributed by atoms with Crippen molar-refractivity contribution in [2.75, 3.05) is 31.1 Å². The van der Waals surface area contributed by atoms with Gasteiger partial charge in [0.05, 0.1) is 11.4 Å². The van der Waals surface area contributed by atoms with Crippen molar-refractivity contribution < 1.29 is 4.79 Å². The molecule has 0 aliphatic carbocycles. The van der Waals surface area contributed by atoms with Gasteiger partial charge >= 0.3 is 0 Å². The number of aryl methyl sites for hydroxylation is 2. The molecule has 8 nitrogen and oxygen atoms in total. The summed E-state index contributed by atoms with van der Waals surface area (Å²) in [6, 6.07) is 10.0. The molecule has 2 aromatic heterocycles. The minimum Gasteiger partial charge on any atom is -0.353 e. The lowest BCUT2D eigenvalue weighted by atomic mass is 10.2. The summed E-state index contributed by atoms with van der Waals surface area (Å²) in [4.78, 5) is 26.5. The van der Waals surface area contributed by atoms with Gasteiger partial charge in [-0.25, -0.2) is 14.6 Å². The van der Waals surface area contributed by atoms with E-state index in [4.69, 9.17) is 4.98 Å². The number of anilines is 1. The first kappa shape index (κ1) is 21.0. The second-order valence-electron chi connectivity index (χ2n) is 8.43. The molecule has 1 aliphatic rings. The lowest BCUT2D eigenvalue weighted by Crippen LogP contribution is -2.49. The van der Waals surface area contributed by atoms with Gasteiger partial charge in [-0.3, -0.25) is 4.79 Å². The SMILES string of the molecule is Cc1ccc(-n2nnc(C(=O)N3CCN(c4cc(C)nc(C(C)C)n4)CC3)c2C)cc1. The number of carbonyl (C=O) groups excluding carboxylic acids is 1. The molecule has 3 aromatic rings. The second-order valence-corrected chi connectivity index (χ2v) is 8.43. The Hall–Kier alpha value is -3.29. The van der Waals surface area contributed by atoms with Gasteiger partial charge in [0.1, 0.15) is 11.6 Å². The zero-order chi connectivity index (χ0) is 22.1.